The Morgan fingerprint density at radius 3 is 2.18 bits per heavy atom. The highest BCUT2D eigenvalue weighted by Crippen LogP contribution is 2.28. The number of halogens is 4. The second-order valence-electron chi connectivity index (χ2n) is 2.25. The lowest BCUT2D eigenvalue weighted by atomic mass is 10.1. The maximum atomic E-state index is 12.2. The molecule has 2 atom stereocenters. The minimum atomic E-state index is -4.82. The van der Waals surface area contributed by atoms with Crippen molar-refractivity contribution in [2.45, 2.75) is 19.3 Å². The summed E-state index contributed by atoms with van der Waals surface area (Å²) < 4.78 is 46.9. The molecule has 68 valence electrons. The molecule has 0 aliphatic rings. The summed E-state index contributed by atoms with van der Waals surface area (Å²) in [5.74, 6) is 3.21. The van der Waals surface area contributed by atoms with E-state index < -0.39 is 24.9 Å². The largest absolute Gasteiger partial charge is 0.420 e. The van der Waals surface area contributed by atoms with E-state index in [0.29, 0.717) is 0 Å². The van der Waals surface area contributed by atoms with Crippen LogP contribution in [0.1, 0.15) is 6.92 Å². The van der Waals surface area contributed by atoms with E-state index >= 15 is 0 Å². The van der Waals surface area contributed by atoms with Crippen LogP contribution < -0.4 is 5.90 Å². The summed E-state index contributed by atoms with van der Waals surface area (Å²) in [7, 11) is 0. The number of hydrogen-bond acceptors (Lipinski definition) is 2. The standard InChI is InChI=1S/C5H9F4NO/c1-3(2-11-10)4(6)5(7,8)9/h3-4H,2,10H2,1H3. The first kappa shape index (κ1) is 10.6. The molecule has 2 N–H and O–H groups in total. The topological polar surface area (TPSA) is 35.2 Å². The van der Waals surface area contributed by atoms with Crippen molar-refractivity contribution in [3.63, 3.8) is 0 Å². The van der Waals surface area contributed by atoms with Crippen LogP contribution in [0, 0.1) is 5.92 Å². The van der Waals surface area contributed by atoms with E-state index in [1.165, 1.54) is 0 Å². The molecular formula is C5H9F4NO. The highest BCUT2D eigenvalue weighted by atomic mass is 19.4. The van der Waals surface area contributed by atoms with Crippen LogP contribution in [0.3, 0.4) is 0 Å². The van der Waals surface area contributed by atoms with Crippen LogP contribution in [0.2, 0.25) is 0 Å². The van der Waals surface area contributed by atoms with E-state index in [9.17, 15) is 17.6 Å². The smallest absolute Gasteiger partial charge is 0.304 e. The Labute approximate surface area is 61.3 Å². The first-order valence-electron chi connectivity index (χ1n) is 2.92. The first-order chi connectivity index (χ1) is 4.89. The number of alkyl halides is 4. The van der Waals surface area contributed by atoms with Gasteiger partial charge in [0.15, 0.2) is 6.17 Å². The molecule has 0 saturated carbocycles. The van der Waals surface area contributed by atoms with Gasteiger partial charge in [-0.25, -0.2) is 10.3 Å². The molecule has 0 fully saturated rings. The predicted octanol–water partition coefficient (Wildman–Crippen LogP) is 1.41. The summed E-state index contributed by atoms with van der Waals surface area (Å²) in [6.45, 7) is 0.631. The second kappa shape index (κ2) is 3.87. The summed E-state index contributed by atoms with van der Waals surface area (Å²) >= 11 is 0. The lowest BCUT2D eigenvalue weighted by Gasteiger charge is -2.17. The molecule has 0 aromatic rings. The minimum Gasteiger partial charge on any atom is -0.304 e. The third-order valence-electron chi connectivity index (χ3n) is 1.17. The summed E-state index contributed by atoms with van der Waals surface area (Å²) in [4.78, 5) is 3.88. The van der Waals surface area contributed by atoms with Crippen LogP contribution >= 0.6 is 0 Å². The Balaban J connectivity index is 3.91. The number of nitrogens with two attached hydrogens (primary N) is 1. The fourth-order valence-electron chi connectivity index (χ4n) is 0.559. The van der Waals surface area contributed by atoms with Crippen molar-refractivity contribution in [3.8, 4) is 0 Å². The fourth-order valence-corrected chi connectivity index (χ4v) is 0.559. The van der Waals surface area contributed by atoms with Gasteiger partial charge in [-0.15, -0.1) is 0 Å². The molecule has 0 rings (SSSR count). The Hall–Kier alpha value is -0.360. The molecule has 2 unspecified atom stereocenters. The monoisotopic (exact) mass is 175 g/mol. The molecule has 11 heavy (non-hydrogen) atoms. The SMILES string of the molecule is CC(CON)C(F)C(F)(F)F. The van der Waals surface area contributed by atoms with Gasteiger partial charge < -0.3 is 4.84 Å². The average molecular weight is 175 g/mol. The highest BCUT2D eigenvalue weighted by Gasteiger charge is 2.43. The Morgan fingerprint density at radius 2 is 1.91 bits per heavy atom. The van der Waals surface area contributed by atoms with Crippen molar-refractivity contribution < 1.29 is 22.4 Å². The highest BCUT2D eigenvalue weighted by molar-refractivity contribution is 4.71. The van der Waals surface area contributed by atoms with Crippen molar-refractivity contribution in [3.05, 3.63) is 0 Å². The third-order valence-corrected chi connectivity index (χ3v) is 1.17. The average Bonchev–Trinajstić information content (AvgIpc) is 1.85. The van der Waals surface area contributed by atoms with Gasteiger partial charge in [-0.2, -0.15) is 13.2 Å². The molecule has 0 heterocycles. The molecule has 0 aliphatic carbocycles. The first-order valence-corrected chi connectivity index (χ1v) is 2.92. The van der Waals surface area contributed by atoms with Crippen LogP contribution in [-0.4, -0.2) is 19.0 Å². The van der Waals surface area contributed by atoms with E-state index in [1.807, 2.05) is 0 Å². The van der Waals surface area contributed by atoms with Crippen LogP contribution in [-0.2, 0) is 4.84 Å². The third kappa shape index (κ3) is 3.52. The van der Waals surface area contributed by atoms with Crippen molar-refractivity contribution in [2.24, 2.45) is 11.8 Å². The summed E-state index contributed by atoms with van der Waals surface area (Å²) in [5, 5.41) is 0. The zero-order valence-electron chi connectivity index (χ0n) is 5.86. The van der Waals surface area contributed by atoms with Crippen LogP contribution in [0.5, 0.6) is 0 Å². The van der Waals surface area contributed by atoms with Crippen LogP contribution in [0.15, 0.2) is 0 Å². The fraction of sp³-hybridized carbons (Fsp3) is 1.00. The van der Waals surface area contributed by atoms with E-state index in [-0.39, 0.29) is 0 Å². The zero-order chi connectivity index (χ0) is 9.07. The predicted molar refractivity (Wildman–Crippen MR) is 30.3 cm³/mol. The van der Waals surface area contributed by atoms with Crippen molar-refractivity contribution in [2.75, 3.05) is 6.61 Å². The molecule has 6 heteroatoms. The van der Waals surface area contributed by atoms with E-state index in [1.54, 1.807) is 0 Å². The van der Waals surface area contributed by atoms with Crippen LogP contribution in [0.25, 0.3) is 0 Å². The van der Waals surface area contributed by atoms with Gasteiger partial charge in [0, 0.05) is 5.92 Å². The second-order valence-corrected chi connectivity index (χ2v) is 2.25. The van der Waals surface area contributed by atoms with E-state index in [0.717, 1.165) is 6.92 Å². The van der Waals surface area contributed by atoms with Gasteiger partial charge in [0.25, 0.3) is 0 Å². The van der Waals surface area contributed by atoms with Crippen molar-refractivity contribution in [1.82, 2.24) is 0 Å². The molecule has 0 aliphatic heterocycles. The molecular weight excluding hydrogens is 166 g/mol. The molecule has 0 aromatic heterocycles. The molecule has 2 nitrogen and oxygen atoms in total. The molecule has 0 radical (unpaired) electrons. The van der Waals surface area contributed by atoms with Crippen LogP contribution in [0.4, 0.5) is 17.6 Å². The van der Waals surface area contributed by atoms with Gasteiger partial charge in [0.1, 0.15) is 0 Å². The van der Waals surface area contributed by atoms with Gasteiger partial charge in [-0.05, 0) is 0 Å². The summed E-state index contributed by atoms with van der Waals surface area (Å²) in [5.41, 5.74) is 0. The Bertz CT molecular complexity index is 116. The maximum Gasteiger partial charge on any atom is 0.420 e. The van der Waals surface area contributed by atoms with Gasteiger partial charge in [-0.3, -0.25) is 0 Å². The van der Waals surface area contributed by atoms with Crippen molar-refractivity contribution in [1.29, 1.82) is 0 Å². The van der Waals surface area contributed by atoms with Crippen molar-refractivity contribution >= 4 is 0 Å². The minimum absolute atomic E-state index is 0.444. The zero-order valence-corrected chi connectivity index (χ0v) is 5.86. The van der Waals surface area contributed by atoms with E-state index in [4.69, 9.17) is 0 Å². The molecule has 0 spiro atoms. The Kier molecular flexibility index (Phi) is 3.74. The van der Waals surface area contributed by atoms with Gasteiger partial charge in [0.2, 0.25) is 0 Å². The van der Waals surface area contributed by atoms with Gasteiger partial charge >= 0.3 is 6.18 Å². The molecule has 0 amide bonds. The number of rotatable bonds is 3. The molecule has 0 bridgehead atoms. The quantitative estimate of drug-likeness (QED) is 0.520. The normalized spacial score (nSPS) is 18.0. The summed E-state index contributed by atoms with van der Waals surface area (Å²) in [6.07, 6.45) is -7.69. The molecule has 0 aromatic carbocycles. The lowest BCUT2D eigenvalue weighted by Crippen LogP contribution is -2.33. The number of hydrogen-bond donors (Lipinski definition) is 1. The van der Waals surface area contributed by atoms with Gasteiger partial charge in [0.05, 0.1) is 6.61 Å². The van der Waals surface area contributed by atoms with Gasteiger partial charge in [-0.1, -0.05) is 6.92 Å². The Morgan fingerprint density at radius 1 is 1.45 bits per heavy atom. The van der Waals surface area contributed by atoms with E-state index in [2.05, 4.69) is 10.7 Å². The maximum absolute atomic E-state index is 12.2. The lowest BCUT2D eigenvalue weighted by molar-refractivity contribution is -0.197. The summed E-state index contributed by atoms with van der Waals surface area (Å²) in [6, 6.07) is 0. The molecule has 0 saturated heterocycles.